The van der Waals surface area contributed by atoms with Gasteiger partial charge in [0, 0.05) is 13.0 Å². The Bertz CT molecular complexity index is 747. The number of fused-ring (bicyclic) bond motifs is 1. The molecule has 3 aromatic rings. The Labute approximate surface area is 128 Å². The van der Waals surface area contributed by atoms with Gasteiger partial charge in [-0.1, -0.05) is 19.1 Å². The summed E-state index contributed by atoms with van der Waals surface area (Å²) in [5.41, 5.74) is 8.38. The first-order valence-corrected chi connectivity index (χ1v) is 7.51. The number of nitrogens with zero attached hydrogens (tertiary/aromatic N) is 2. The van der Waals surface area contributed by atoms with Crippen molar-refractivity contribution in [1.82, 2.24) is 9.55 Å². The Balaban J connectivity index is 1.94. The zero-order chi connectivity index (χ0) is 14.8. The number of benzene rings is 1. The maximum Gasteiger partial charge on any atom is 0.193 e. The molecule has 0 aliphatic rings. The molecule has 2 aromatic heterocycles. The van der Waals surface area contributed by atoms with E-state index in [4.69, 9.17) is 26.7 Å². The predicted octanol–water partition coefficient (Wildman–Crippen LogP) is 3.94. The van der Waals surface area contributed by atoms with Crippen molar-refractivity contribution in [3.63, 3.8) is 0 Å². The van der Waals surface area contributed by atoms with E-state index in [-0.39, 0.29) is 6.04 Å². The Kier molecular flexibility index (Phi) is 3.99. The van der Waals surface area contributed by atoms with Gasteiger partial charge < -0.3 is 14.7 Å². The third-order valence-corrected chi connectivity index (χ3v) is 3.75. The maximum atomic E-state index is 6.22. The maximum absolute atomic E-state index is 6.22. The predicted molar refractivity (Wildman–Crippen MR) is 84.4 cm³/mol. The molecule has 2 heterocycles. The summed E-state index contributed by atoms with van der Waals surface area (Å²) in [6, 6.07) is 11.4. The van der Waals surface area contributed by atoms with Gasteiger partial charge in [-0.3, -0.25) is 0 Å². The zero-order valence-corrected chi connectivity index (χ0v) is 12.7. The van der Waals surface area contributed by atoms with Crippen LogP contribution in [-0.4, -0.2) is 9.55 Å². The molecule has 2 N–H and O–H groups in total. The summed E-state index contributed by atoms with van der Waals surface area (Å²) in [7, 11) is 0. The summed E-state index contributed by atoms with van der Waals surface area (Å²) in [6.07, 6.45) is 1.67. The molecule has 3 rings (SSSR count). The van der Waals surface area contributed by atoms with E-state index in [1.807, 2.05) is 24.3 Å². The van der Waals surface area contributed by atoms with Crippen LogP contribution in [0.1, 0.15) is 31.0 Å². The second kappa shape index (κ2) is 5.92. The van der Waals surface area contributed by atoms with Crippen LogP contribution in [0.3, 0.4) is 0 Å². The van der Waals surface area contributed by atoms with E-state index in [2.05, 4.69) is 17.6 Å². The minimum Gasteiger partial charge on any atom is -0.448 e. The number of halogens is 1. The topological polar surface area (TPSA) is 57.0 Å². The minimum atomic E-state index is -0.245. The molecule has 0 saturated carbocycles. The van der Waals surface area contributed by atoms with Crippen LogP contribution >= 0.6 is 11.6 Å². The van der Waals surface area contributed by atoms with Gasteiger partial charge in [-0.2, -0.15) is 0 Å². The van der Waals surface area contributed by atoms with Gasteiger partial charge in [0.25, 0.3) is 0 Å². The van der Waals surface area contributed by atoms with E-state index in [1.165, 1.54) is 0 Å². The molecule has 0 bridgehead atoms. The van der Waals surface area contributed by atoms with E-state index in [0.29, 0.717) is 17.4 Å². The van der Waals surface area contributed by atoms with E-state index in [1.54, 1.807) is 6.07 Å². The quantitative estimate of drug-likeness (QED) is 0.777. The number of hydrogen-bond acceptors (Lipinski definition) is 3. The summed E-state index contributed by atoms with van der Waals surface area (Å²) >= 11 is 5.81. The highest BCUT2D eigenvalue weighted by molar-refractivity contribution is 6.28. The summed E-state index contributed by atoms with van der Waals surface area (Å²) in [5, 5.41) is 0.363. The molecule has 0 aliphatic heterocycles. The van der Waals surface area contributed by atoms with Crippen LogP contribution in [0.4, 0.5) is 0 Å². The monoisotopic (exact) mass is 303 g/mol. The van der Waals surface area contributed by atoms with E-state index >= 15 is 0 Å². The SMILES string of the molecule is CCCn1c(CC(N)c2ccc(Cl)o2)nc2ccccc21. The molecule has 0 fully saturated rings. The first-order chi connectivity index (χ1) is 10.2. The lowest BCUT2D eigenvalue weighted by molar-refractivity contribution is 0.458. The summed E-state index contributed by atoms with van der Waals surface area (Å²) in [6.45, 7) is 3.09. The molecule has 0 amide bonds. The van der Waals surface area contributed by atoms with Crippen molar-refractivity contribution in [2.45, 2.75) is 32.4 Å². The molecule has 1 aromatic carbocycles. The standard InChI is InChI=1S/C16H18ClN3O/c1-2-9-20-13-6-4-3-5-12(13)19-16(20)10-11(18)14-7-8-15(17)21-14/h3-8,11H,2,9-10,18H2,1H3. The fourth-order valence-electron chi connectivity index (χ4n) is 2.58. The molecule has 21 heavy (non-hydrogen) atoms. The fraction of sp³-hybridized carbons (Fsp3) is 0.312. The van der Waals surface area contributed by atoms with Crippen molar-refractivity contribution in [2.75, 3.05) is 0 Å². The minimum absolute atomic E-state index is 0.245. The lowest BCUT2D eigenvalue weighted by atomic mass is 10.1. The smallest absolute Gasteiger partial charge is 0.193 e. The molecular weight excluding hydrogens is 286 g/mol. The van der Waals surface area contributed by atoms with Crippen molar-refractivity contribution in [1.29, 1.82) is 0 Å². The number of aryl methyl sites for hydroxylation is 1. The summed E-state index contributed by atoms with van der Waals surface area (Å²) in [4.78, 5) is 4.71. The van der Waals surface area contributed by atoms with Gasteiger partial charge in [0.15, 0.2) is 5.22 Å². The van der Waals surface area contributed by atoms with Gasteiger partial charge in [-0.15, -0.1) is 0 Å². The third-order valence-electron chi connectivity index (χ3n) is 3.54. The Morgan fingerprint density at radius 1 is 1.29 bits per heavy atom. The van der Waals surface area contributed by atoms with Crippen LogP contribution in [-0.2, 0) is 13.0 Å². The molecule has 0 spiro atoms. The van der Waals surface area contributed by atoms with Gasteiger partial charge in [-0.05, 0) is 42.3 Å². The molecule has 1 atom stereocenters. The second-order valence-electron chi connectivity index (χ2n) is 5.12. The first-order valence-electron chi connectivity index (χ1n) is 7.14. The lowest BCUT2D eigenvalue weighted by Crippen LogP contribution is -2.16. The highest BCUT2D eigenvalue weighted by Crippen LogP contribution is 2.23. The highest BCUT2D eigenvalue weighted by atomic mass is 35.5. The molecule has 1 unspecified atom stereocenters. The number of furan rings is 1. The van der Waals surface area contributed by atoms with E-state index in [9.17, 15) is 0 Å². The van der Waals surface area contributed by atoms with Crippen molar-refractivity contribution in [2.24, 2.45) is 5.73 Å². The molecule has 0 saturated heterocycles. The van der Waals surface area contributed by atoms with Crippen LogP contribution in [0.15, 0.2) is 40.8 Å². The van der Waals surface area contributed by atoms with Gasteiger partial charge >= 0.3 is 0 Å². The Hall–Kier alpha value is -1.78. The van der Waals surface area contributed by atoms with E-state index < -0.39 is 0 Å². The van der Waals surface area contributed by atoms with Crippen LogP contribution < -0.4 is 5.73 Å². The number of aromatic nitrogens is 2. The van der Waals surface area contributed by atoms with Crippen LogP contribution in [0.25, 0.3) is 11.0 Å². The lowest BCUT2D eigenvalue weighted by Gasteiger charge is -2.11. The molecule has 0 aliphatic carbocycles. The van der Waals surface area contributed by atoms with E-state index in [0.717, 1.165) is 29.8 Å². The van der Waals surface area contributed by atoms with Gasteiger partial charge in [0.1, 0.15) is 11.6 Å². The third kappa shape index (κ3) is 2.82. The van der Waals surface area contributed by atoms with Crippen molar-refractivity contribution in [3.8, 4) is 0 Å². The average molecular weight is 304 g/mol. The molecule has 5 heteroatoms. The molecule has 110 valence electrons. The number of rotatable bonds is 5. The zero-order valence-electron chi connectivity index (χ0n) is 11.9. The van der Waals surface area contributed by atoms with Crippen molar-refractivity contribution in [3.05, 3.63) is 53.2 Å². The Morgan fingerprint density at radius 3 is 2.81 bits per heavy atom. The number of hydrogen-bond donors (Lipinski definition) is 1. The summed E-state index contributed by atoms with van der Waals surface area (Å²) < 4.78 is 7.63. The van der Waals surface area contributed by atoms with Gasteiger partial charge in [-0.25, -0.2) is 4.98 Å². The van der Waals surface area contributed by atoms with Crippen LogP contribution in [0, 0.1) is 0 Å². The molecule has 0 radical (unpaired) electrons. The largest absolute Gasteiger partial charge is 0.448 e. The van der Waals surface area contributed by atoms with Gasteiger partial charge in [0.05, 0.1) is 17.1 Å². The number of nitrogens with two attached hydrogens (primary N) is 1. The number of imidazole rings is 1. The van der Waals surface area contributed by atoms with Crippen LogP contribution in [0.5, 0.6) is 0 Å². The Morgan fingerprint density at radius 2 is 2.10 bits per heavy atom. The van der Waals surface area contributed by atoms with Crippen molar-refractivity contribution >= 4 is 22.6 Å². The summed E-state index contributed by atoms with van der Waals surface area (Å²) in [5.74, 6) is 1.67. The van der Waals surface area contributed by atoms with Crippen LogP contribution in [0.2, 0.25) is 5.22 Å². The number of para-hydroxylation sites is 2. The molecular formula is C16H18ClN3O. The molecule has 4 nitrogen and oxygen atoms in total. The first kappa shape index (κ1) is 14.2. The highest BCUT2D eigenvalue weighted by Gasteiger charge is 2.17. The second-order valence-corrected chi connectivity index (χ2v) is 5.49. The normalized spacial score (nSPS) is 12.9. The van der Waals surface area contributed by atoms with Gasteiger partial charge in [0.2, 0.25) is 0 Å². The van der Waals surface area contributed by atoms with Crippen molar-refractivity contribution < 1.29 is 4.42 Å². The average Bonchev–Trinajstić information content (AvgIpc) is 3.04. The fourth-order valence-corrected chi connectivity index (χ4v) is 2.73.